The van der Waals surface area contributed by atoms with Gasteiger partial charge in [-0.15, -0.1) is 0 Å². The zero-order chi connectivity index (χ0) is 36.5. The Bertz CT molecular complexity index is 1660. The van der Waals surface area contributed by atoms with Crippen LogP contribution in [0.5, 0.6) is 0 Å². The molecule has 0 unspecified atom stereocenters. The lowest BCUT2D eigenvalue weighted by Gasteiger charge is -2.44. The van der Waals surface area contributed by atoms with Crippen molar-refractivity contribution in [3.05, 3.63) is 131 Å². The van der Waals surface area contributed by atoms with Crippen LogP contribution < -0.4 is 10.4 Å². The van der Waals surface area contributed by atoms with Crippen molar-refractivity contribution in [2.75, 3.05) is 0 Å². The molecule has 3 heteroatoms. The van der Waals surface area contributed by atoms with Gasteiger partial charge in [0.2, 0.25) is 0 Å². The van der Waals surface area contributed by atoms with Crippen LogP contribution in [0.25, 0.3) is 22.3 Å². The van der Waals surface area contributed by atoms with E-state index in [2.05, 4.69) is 156 Å². The van der Waals surface area contributed by atoms with Gasteiger partial charge in [0.25, 0.3) is 0 Å². The monoisotopic (exact) mass is 696 g/mol. The largest absolute Gasteiger partial charge is 0.289 e. The molecule has 0 N–H and O–H groups in total. The Hall–Kier alpha value is -3.54. The first kappa shape index (κ1) is 37.7. The number of hydrogen-bond donors (Lipinski definition) is 0. The molecule has 1 aliphatic rings. The van der Waals surface area contributed by atoms with Crippen molar-refractivity contribution in [2.45, 2.75) is 116 Å². The molecule has 0 bridgehead atoms. The zero-order valence-electron chi connectivity index (χ0n) is 32.8. The van der Waals surface area contributed by atoms with Gasteiger partial charge >= 0.3 is 0 Å². The van der Waals surface area contributed by atoms with Crippen molar-refractivity contribution in [3.8, 4) is 0 Å². The Labute approximate surface area is 306 Å². The second kappa shape index (κ2) is 15.0. The van der Waals surface area contributed by atoms with E-state index >= 15 is 0 Å². The van der Waals surface area contributed by atoms with Crippen LogP contribution in [-0.4, -0.2) is 21.9 Å². The molecule has 0 amide bonds. The molecular weight excluding hydrogens is 637 g/mol. The van der Waals surface area contributed by atoms with Crippen LogP contribution in [0.15, 0.2) is 109 Å². The van der Waals surface area contributed by atoms with E-state index in [1.807, 2.05) is 36.4 Å². The summed E-state index contributed by atoms with van der Waals surface area (Å²) in [6.07, 6.45) is 0. The number of carbonyl (C=O) groups excluding carboxylic acids is 1. The summed E-state index contributed by atoms with van der Waals surface area (Å²) in [6, 6.07) is 39.6. The molecule has 0 heterocycles. The minimum atomic E-state index is -1.85. The van der Waals surface area contributed by atoms with Gasteiger partial charge in [0.15, 0.2) is 5.78 Å². The third kappa shape index (κ3) is 6.19. The summed E-state index contributed by atoms with van der Waals surface area (Å²) in [4.78, 5) is 15.0. The Kier molecular flexibility index (Phi) is 11.3. The molecule has 0 spiro atoms. The molecule has 1 nitrogen and oxygen atoms in total. The summed E-state index contributed by atoms with van der Waals surface area (Å²) in [7, 11) is -3.70. The average Bonchev–Trinajstić information content (AvgIpc) is 3.38. The summed E-state index contributed by atoms with van der Waals surface area (Å²) in [5, 5.41) is 3.03. The van der Waals surface area contributed by atoms with E-state index in [-0.39, 0.29) is 5.78 Å². The second-order valence-electron chi connectivity index (χ2n) is 16.5. The predicted octanol–water partition coefficient (Wildman–Crippen LogP) is 12.6. The lowest BCUT2D eigenvalue weighted by Crippen LogP contribution is -2.55. The highest BCUT2D eigenvalue weighted by Crippen LogP contribution is 2.50. The molecule has 0 radical (unpaired) electrons. The van der Waals surface area contributed by atoms with Crippen LogP contribution in [0.3, 0.4) is 0 Å². The van der Waals surface area contributed by atoms with Gasteiger partial charge in [-0.25, -0.2) is 0 Å². The van der Waals surface area contributed by atoms with Gasteiger partial charge < -0.3 is 0 Å². The molecule has 0 aromatic heterocycles. The number of rotatable bonds is 12. The summed E-state index contributed by atoms with van der Waals surface area (Å²) in [5.74, 6) is 0.103. The predicted molar refractivity (Wildman–Crippen MR) is 226 cm³/mol. The van der Waals surface area contributed by atoms with Gasteiger partial charge in [-0.2, -0.15) is 0 Å². The van der Waals surface area contributed by atoms with E-state index in [0.717, 1.165) is 44.5 Å². The van der Waals surface area contributed by atoms with Crippen molar-refractivity contribution in [1.82, 2.24) is 0 Å². The smallest absolute Gasteiger partial charge is 0.195 e. The van der Waals surface area contributed by atoms with Crippen LogP contribution in [-0.2, 0) is 4.79 Å². The maximum atomic E-state index is 15.0. The Morgan fingerprint density at radius 2 is 0.560 bits per heavy atom. The number of Topliss-reactive ketones (excluding diaryl/α,β-unsaturated/α-hetero) is 1. The Morgan fingerprint density at radius 1 is 0.320 bits per heavy atom. The van der Waals surface area contributed by atoms with Gasteiger partial charge in [-0.05, 0) is 55.5 Å². The van der Waals surface area contributed by atoms with E-state index in [9.17, 15) is 4.79 Å². The van der Waals surface area contributed by atoms with E-state index in [1.165, 1.54) is 10.4 Å². The van der Waals surface area contributed by atoms with Crippen LogP contribution in [0.4, 0.5) is 0 Å². The number of hydrogen-bond acceptors (Lipinski definition) is 1. The SMILES string of the molecule is CC(C)[Si](c1ccc(C2=C(c3ccccc3)C(=O)C(c3ccccc3)=C2c2ccc([Si](C(C)C)(C(C)C)C(C)C)cc2)cc1)(C(C)C)C(C)C. The molecule has 0 atom stereocenters. The fraction of sp³-hybridized carbons (Fsp3) is 0.383. The van der Waals surface area contributed by atoms with E-state index in [1.54, 1.807) is 0 Å². The lowest BCUT2D eigenvalue weighted by atomic mass is 9.89. The molecule has 0 fully saturated rings. The van der Waals surface area contributed by atoms with Crippen molar-refractivity contribution in [2.24, 2.45) is 0 Å². The standard InChI is InChI=1S/C47H60OSi2/c1-31(2)49(32(3)4,33(5)6)41-27-23-39(24-28-41)43-44(40-25-29-42(30-26-40)50(34(7)8,35(9)10)36(11)12)46(38-21-17-14-18-22-38)47(48)45(43)37-19-15-13-16-20-37/h13-36H,1-12H3. The van der Waals surface area contributed by atoms with E-state index < -0.39 is 16.1 Å². The quantitative estimate of drug-likeness (QED) is 0.135. The highest BCUT2D eigenvalue weighted by Gasteiger charge is 2.46. The minimum Gasteiger partial charge on any atom is -0.289 e. The maximum Gasteiger partial charge on any atom is 0.195 e. The molecule has 1 aliphatic carbocycles. The molecule has 4 aromatic rings. The van der Waals surface area contributed by atoms with Gasteiger partial charge in [-0.1, -0.05) is 203 Å². The molecule has 50 heavy (non-hydrogen) atoms. The number of benzene rings is 4. The van der Waals surface area contributed by atoms with Gasteiger partial charge in [0, 0.05) is 22.3 Å². The fourth-order valence-corrected chi connectivity index (χ4v) is 24.3. The third-order valence-electron chi connectivity index (χ3n) is 12.4. The van der Waals surface area contributed by atoms with Gasteiger partial charge in [-0.3, -0.25) is 4.79 Å². The highest BCUT2D eigenvalue weighted by atomic mass is 28.3. The van der Waals surface area contributed by atoms with Crippen molar-refractivity contribution < 1.29 is 4.79 Å². The van der Waals surface area contributed by atoms with E-state index in [4.69, 9.17) is 0 Å². The number of carbonyl (C=O) groups is 1. The van der Waals surface area contributed by atoms with Crippen LogP contribution in [0.2, 0.25) is 33.2 Å². The summed E-state index contributed by atoms with van der Waals surface area (Å²) in [6.45, 7) is 29.1. The van der Waals surface area contributed by atoms with Crippen LogP contribution in [0, 0.1) is 0 Å². The molecule has 5 rings (SSSR count). The first-order valence-corrected chi connectivity index (χ1v) is 23.5. The van der Waals surface area contributed by atoms with E-state index in [0.29, 0.717) is 33.2 Å². The normalized spacial score (nSPS) is 14.6. The van der Waals surface area contributed by atoms with Crippen molar-refractivity contribution in [1.29, 1.82) is 0 Å². The second-order valence-corrected chi connectivity index (χ2v) is 28.3. The first-order chi connectivity index (χ1) is 23.7. The Balaban J connectivity index is 1.81. The van der Waals surface area contributed by atoms with Crippen molar-refractivity contribution >= 4 is 54.6 Å². The molecule has 0 aliphatic heterocycles. The van der Waals surface area contributed by atoms with Crippen LogP contribution in [0.1, 0.15) is 105 Å². The minimum absolute atomic E-state index is 0.103. The Morgan fingerprint density at radius 3 is 0.800 bits per heavy atom. The lowest BCUT2D eigenvalue weighted by molar-refractivity contribution is -0.108. The third-order valence-corrected chi connectivity index (χ3v) is 26.5. The van der Waals surface area contributed by atoms with Gasteiger partial charge in [0.1, 0.15) is 0 Å². The zero-order valence-corrected chi connectivity index (χ0v) is 34.8. The summed E-state index contributed by atoms with van der Waals surface area (Å²) < 4.78 is 0. The van der Waals surface area contributed by atoms with Crippen LogP contribution >= 0.6 is 0 Å². The molecule has 0 saturated heterocycles. The maximum absolute atomic E-state index is 15.0. The number of ketones is 1. The summed E-state index contributed by atoms with van der Waals surface area (Å²) >= 11 is 0. The molecule has 262 valence electrons. The molecule has 4 aromatic carbocycles. The highest BCUT2D eigenvalue weighted by molar-refractivity contribution is 6.95. The fourth-order valence-electron chi connectivity index (χ4n) is 10.8. The molecular formula is C47H60OSi2. The van der Waals surface area contributed by atoms with Gasteiger partial charge in [0.05, 0.1) is 16.1 Å². The number of allylic oxidation sites excluding steroid dienone is 4. The van der Waals surface area contributed by atoms with Crippen molar-refractivity contribution in [3.63, 3.8) is 0 Å². The topological polar surface area (TPSA) is 17.1 Å². The molecule has 0 saturated carbocycles. The summed E-state index contributed by atoms with van der Waals surface area (Å²) in [5.41, 5.74) is 11.6. The average molecular weight is 697 g/mol. The first-order valence-electron chi connectivity index (χ1n) is 19.1.